The molecular formula is C15H9Cl2N3O. The summed E-state index contributed by atoms with van der Waals surface area (Å²) in [6.45, 7) is 0. The number of aromatic nitrogens is 2. The molecule has 0 aliphatic heterocycles. The summed E-state index contributed by atoms with van der Waals surface area (Å²) in [6, 6.07) is 12.0. The number of hydrogen-bond acceptors (Lipinski definition) is 3. The van der Waals surface area contributed by atoms with Crippen molar-refractivity contribution < 1.29 is 4.79 Å². The Morgan fingerprint density at radius 2 is 1.90 bits per heavy atom. The maximum Gasteiger partial charge on any atom is 0.274 e. The SMILES string of the molecule is O=C(Nc1ccc(Cl)c(Cl)c1)c1ccc2cccnc2n1. The van der Waals surface area contributed by atoms with Gasteiger partial charge in [0.2, 0.25) is 0 Å². The Balaban J connectivity index is 1.87. The van der Waals surface area contributed by atoms with Crippen molar-refractivity contribution in [1.29, 1.82) is 0 Å². The minimum atomic E-state index is -0.332. The fraction of sp³-hybridized carbons (Fsp3) is 0. The van der Waals surface area contributed by atoms with Crippen molar-refractivity contribution >= 4 is 45.8 Å². The number of carbonyl (C=O) groups is 1. The lowest BCUT2D eigenvalue weighted by molar-refractivity contribution is 0.102. The van der Waals surface area contributed by atoms with E-state index in [1.54, 1.807) is 36.5 Å². The Morgan fingerprint density at radius 3 is 2.71 bits per heavy atom. The standard InChI is InChI=1S/C15H9Cl2N3O/c16-11-5-4-10(8-12(11)17)19-15(21)13-6-3-9-2-1-7-18-14(9)20-13/h1-8H,(H,19,21). The number of nitrogens with zero attached hydrogens (tertiary/aromatic N) is 2. The van der Waals surface area contributed by atoms with E-state index in [1.807, 2.05) is 12.1 Å². The van der Waals surface area contributed by atoms with E-state index < -0.39 is 0 Å². The molecule has 0 spiro atoms. The van der Waals surface area contributed by atoms with Gasteiger partial charge < -0.3 is 5.32 Å². The lowest BCUT2D eigenvalue weighted by atomic mass is 10.2. The maximum atomic E-state index is 12.2. The third-order valence-electron chi connectivity index (χ3n) is 2.87. The number of pyridine rings is 2. The highest BCUT2D eigenvalue weighted by molar-refractivity contribution is 6.42. The van der Waals surface area contributed by atoms with Crippen LogP contribution in [0.3, 0.4) is 0 Å². The number of anilines is 1. The molecule has 3 aromatic rings. The van der Waals surface area contributed by atoms with Gasteiger partial charge in [-0.2, -0.15) is 0 Å². The molecule has 3 rings (SSSR count). The molecule has 1 aromatic carbocycles. The second kappa shape index (κ2) is 5.68. The molecule has 0 fully saturated rings. The molecule has 0 aliphatic rings. The third kappa shape index (κ3) is 2.96. The first-order chi connectivity index (χ1) is 10.1. The van der Waals surface area contributed by atoms with Gasteiger partial charge in [-0.05, 0) is 42.5 Å². The molecule has 0 atom stereocenters. The Morgan fingerprint density at radius 1 is 1.05 bits per heavy atom. The zero-order valence-electron chi connectivity index (χ0n) is 10.7. The minimum Gasteiger partial charge on any atom is -0.321 e. The van der Waals surface area contributed by atoms with Crippen molar-refractivity contribution in [2.45, 2.75) is 0 Å². The number of hydrogen-bond donors (Lipinski definition) is 1. The van der Waals surface area contributed by atoms with E-state index in [0.29, 0.717) is 21.4 Å². The summed E-state index contributed by atoms with van der Waals surface area (Å²) in [6.07, 6.45) is 1.63. The maximum absolute atomic E-state index is 12.2. The molecule has 0 radical (unpaired) electrons. The summed E-state index contributed by atoms with van der Waals surface area (Å²) in [4.78, 5) is 20.5. The summed E-state index contributed by atoms with van der Waals surface area (Å²) in [7, 11) is 0. The molecule has 2 aromatic heterocycles. The number of nitrogens with one attached hydrogen (secondary N) is 1. The summed E-state index contributed by atoms with van der Waals surface area (Å²) in [5.74, 6) is -0.332. The number of carbonyl (C=O) groups excluding carboxylic acids is 1. The van der Waals surface area contributed by atoms with Gasteiger partial charge in [-0.3, -0.25) is 4.79 Å². The molecule has 1 amide bonds. The van der Waals surface area contributed by atoms with E-state index in [2.05, 4.69) is 15.3 Å². The lowest BCUT2D eigenvalue weighted by Gasteiger charge is -2.06. The average molecular weight is 318 g/mol. The Labute approximate surface area is 130 Å². The van der Waals surface area contributed by atoms with Gasteiger partial charge in [0.05, 0.1) is 10.0 Å². The van der Waals surface area contributed by atoms with Crippen LogP contribution in [0.5, 0.6) is 0 Å². The van der Waals surface area contributed by atoms with Crippen LogP contribution in [0.2, 0.25) is 10.0 Å². The van der Waals surface area contributed by atoms with Crippen LogP contribution in [0.25, 0.3) is 11.0 Å². The Hall–Kier alpha value is -2.17. The fourth-order valence-corrected chi connectivity index (χ4v) is 2.15. The van der Waals surface area contributed by atoms with Crippen LogP contribution in [0.15, 0.2) is 48.7 Å². The minimum absolute atomic E-state index is 0.285. The van der Waals surface area contributed by atoms with E-state index >= 15 is 0 Å². The summed E-state index contributed by atoms with van der Waals surface area (Å²) in [5, 5.41) is 4.41. The normalized spacial score (nSPS) is 10.6. The van der Waals surface area contributed by atoms with E-state index in [9.17, 15) is 4.79 Å². The Bertz CT molecular complexity index is 836. The molecule has 0 saturated heterocycles. The molecule has 21 heavy (non-hydrogen) atoms. The Kier molecular flexibility index (Phi) is 3.73. The topological polar surface area (TPSA) is 54.9 Å². The lowest BCUT2D eigenvalue weighted by Crippen LogP contribution is -2.13. The summed E-state index contributed by atoms with van der Waals surface area (Å²) in [5.41, 5.74) is 1.36. The highest BCUT2D eigenvalue weighted by Gasteiger charge is 2.10. The van der Waals surface area contributed by atoms with Gasteiger partial charge >= 0.3 is 0 Å². The predicted octanol–water partition coefficient (Wildman–Crippen LogP) is 4.19. The molecule has 2 heterocycles. The number of halogens is 2. The number of benzene rings is 1. The largest absolute Gasteiger partial charge is 0.321 e. The van der Waals surface area contributed by atoms with Gasteiger partial charge in [-0.25, -0.2) is 9.97 Å². The molecular weight excluding hydrogens is 309 g/mol. The van der Waals surface area contributed by atoms with Crippen LogP contribution in [0.4, 0.5) is 5.69 Å². The van der Waals surface area contributed by atoms with Crippen LogP contribution < -0.4 is 5.32 Å². The van der Waals surface area contributed by atoms with Crippen molar-refractivity contribution in [3.05, 3.63) is 64.4 Å². The van der Waals surface area contributed by atoms with E-state index in [1.165, 1.54) is 0 Å². The molecule has 0 bridgehead atoms. The highest BCUT2D eigenvalue weighted by atomic mass is 35.5. The highest BCUT2D eigenvalue weighted by Crippen LogP contribution is 2.25. The second-order valence-corrected chi connectivity index (χ2v) is 5.14. The van der Waals surface area contributed by atoms with Gasteiger partial charge in [0.1, 0.15) is 5.69 Å². The smallest absolute Gasteiger partial charge is 0.274 e. The monoisotopic (exact) mass is 317 g/mol. The molecule has 4 nitrogen and oxygen atoms in total. The quantitative estimate of drug-likeness (QED) is 0.771. The second-order valence-electron chi connectivity index (χ2n) is 4.33. The van der Waals surface area contributed by atoms with Crippen molar-refractivity contribution in [2.24, 2.45) is 0 Å². The fourth-order valence-electron chi connectivity index (χ4n) is 1.85. The average Bonchev–Trinajstić information content (AvgIpc) is 2.50. The first-order valence-electron chi connectivity index (χ1n) is 6.12. The predicted molar refractivity (Wildman–Crippen MR) is 84.0 cm³/mol. The number of amides is 1. The van der Waals surface area contributed by atoms with Crippen LogP contribution in [-0.4, -0.2) is 15.9 Å². The van der Waals surface area contributed by atoms with Crippen LogP contribution in [0, 0.1) is 0 Å². The van der Waals surface area contributed by atoms with Gasteiger partial charge in [0.25, 0.3) is 5.91 Å². The molecule has 104 valence electrons. The third-order valence-corrected chi connectivity index (χ3v) is 3.61. The first-order valence-corrected chi connectivity index (χ1v) is 6.87. The molecule has 1 N–H and O–H groups in total. The van der Waals surface area contributed by atoms with Crippen LogP contribution >= 0.6 is 23.2 Å². The van der Waals surface area contributed by atoms with Gasteiger partial charge in [0.15, 0.2) is 5.65 Å². The number of fused-ring (bicyclic) bond motifs is 1. The van der Waals surface area contributed by atoms with Crippen molar-refractivity contribution in [2.75, 3.05) is 5.32 Å². The van der Waals surface area contributed by atoms with Crippen LogP contribution in [0.1, 0.15) is 10.5 Å². The van der Waals surface area contributed by atoms with Gasteiger partial charge in [0, 0.05) is 17.3 Å². The number of rotatable bonds is 2. The molecule has 0 unspecified atom stereocenters. The van der Waals surface area contributed by atoms with Gasteiger partial charge in [-0.1, -0.05) is 23.2 Å². The molecule has 0 saturated carbocycles. The summed E-state index contributed by atoms with van der Waals surface area (Å²) >= 11 is 11.7. The van der Waals surface area contributed by atoms with Crippen molar-refractivity contribution in [3.8, 4) is 0 Å². The van der Waals surface area contributed by atoms with Crippen molar-refractivity contribution in [3.63, 3.8) is 0 Å². The molecule has 0 aliphatic carbocycles. The van der Waals surface area contributed by atoms with Crippen molar-refractivity contribution in [1.82, 2.24) is 9.97 Å². The zero-order chi connectivity index (χ0) is 14.8. The van der Waals surface area contributed by atoms with E-state index in [0.717, 1.165) is 5.39 Å². The van der Waals surface area contributed by atoms with E-state index in [4.69, 9.17) is 23.2 Å². The molecule has 6 heteroatoms. The van der Waals surface area contributed by atoms with Gasteiger partial charge in [-0.15, -0.1) is 0 Å². The van der Waals surface area contributed by atoms with E-state index in [-0.39, 0.29) is 11.6 Å². The first kappa shape index (κ1) is 13.8. The summed E-state index contributed by atoms with van der Waals surface area (Å²) < 4.78 is 0. The van der Waals surface area contributed by atoms with Crippen LogP contribution in [-0.2, 0) is 0 Å². The zero-order valence-corrected chi connectivity index (χ0v) is 12.2.